The number of rotatable bonds is 8. The highest BCUT2D eigenvalue weighted by Crippen LogP contribution is 2.35. The largest absolute Gasteiger partial charge is 0.493 e. The highest BCUT2D eigenvalue weighted by molar-refractivity contribution is 14.1. The molecule has 1 aromatic heterocycles. The first kappa shape index (κ1) is 29.3. The van der Waals surface area contributed by atoms with E-state index in [2.05, 4.69) is 38.5 Å². The number of thiazole rings is 1. The predicted octanol–water partition coefficient (Wildman–Crippen LogP) is 5.75. The lowest BCUT2D eigenvalue weighted by molar-refractivity contribution is -0.136. The number of hydrogen-bond acceptors (Lipinski definition) is 7. The Kier molecular flexibility index (Phi) is 9.10. The molecule has 1 aliphatic rings. The molecule has 0 radical (unpaired) electrons. The van der Waals surface area contributed by atoms with Gasteiger partial charge in [-0.25, -0.2) is 9.79 Å². The van der Waals surface area contributed by atoms with Crippen LogP contribution >= 0.6 is 49.9 Å². The molecule has 0 fully saturated rings. The Labute approximate surface area is 263 Å². The normalized spacial score (nSPS) is 14.9. The molecular formula is C31H26BrIN2O5S. The van der Waals surface area contributed by atoms with Crippen molar-refractivity contribution in [2.75, 3.05) is 14.2 Å². The molecule has 0 bridgehead atoms. The van der Waals surface area contributed by atoms with Crippen molar-refractivity contribution >= 4 is 61.9 Å². The van der Waals surface area contributed by atoms with Gasteiger partial charge >= 0.3 is 5.97 Å². The molecule has 0 spiro atoms. The van der Waals surface area contributed by atoms with Crippen LogP contribution in [0.4, 0.5) is 0 Å². The van der Waals surface area contributed by atoms with Crippen molar-refractivity contribution in [1.82, 2.24) is 4.57 Å². The second kappa shape index (κ2) is 12.7. The molecule has 0 N–H and O–H groups in total. The molecule has 5 rings (SSSR count). The lowest BCUT2D eigenvalue weighted by Gasteiger charge is -2.25. The van der Waals surface area contributed by atoms with E-state index < -0.39 is 12.0 Å². The van der Waals surface area contributed by atoms with E-state index in [1.54, 1.807) is 17.8 Å². The molecule has 0 unspecified atom stereocenters. The summed E-state index contributed by atoms with van der Waals surface area (Å²) in [7, 11) is 2.94. The summed E-state index contributed by atoms with van der Waals surface area (Å²) in [6, 6.07) is 20.5. The summed E-state index contributed by atoms with van der Waals surface area (Å²) in [5.74, 6) is 0.599. The quantitative estimate of drug-likeness (QED) is 0.170. The van der Waals surface area contributed by atoms with Crippen molar-refractivity contribution in [2.24, 2.45) is 4.99 Å². The Morgan fingerprint density at radius 2 is 1.85 bits per heavy atom. The number of ether oxygens (including phenoxy) is 3. The Balaban J connectivity index is 1.67. The second-order valence-electron chi connectivity index (χ2n) is 9.14. The van der Waals surface area contributed by atoms with Gasteiger partial charge in [-0.3, -0.25) is 9.36 Å². The molecule has 0 amide bonds. The highest BCUT2D eigenvalue weighted by Gasteiger charge is 2.33. The molecule has 0 aliphatic carbocycles. The third-order valence-electron chi connectivity index (χ3n) is 6.62. The molecule has 0 saturated heterocycles. The first-order valence-electron chi connectivity index (χ1n) is 12.8. The number of halogens is 2. The van der Waals surface area contributed by atoms with Crippen LogP contribution in [0.5, 0.6) is 11.5 Å². The number of aromatic nitrogens is 1. The van der Waals surface area contributed by atoms with E-state index in [0.29, 0.717) is 50.7 Å². The number of nitrogens with zero attached hydrogens (tertiary/aromatic N) is 2. The van der Waals surface area contributed by atoms with Crippen LogP contribution in [0.3, 0.4) is 0 Å². The van der Waals surface area contributed by atoms with Crippen LogP contribution in [-0.4, -0.2) is 24.8 Å². The van der Waals surface area contributed by atoms with Gasteiger partial charge in [-0.05, 0) is 70.5 Å². The summed E-state index contributed by atoms with van der Waals surface area (Å²) in [6.07, 6.45) is 2.32. The van der Waals surface area contributed by atoms with Crippen molar-refractivity contribution in [3.05, 3.63) is 122 Å². The summed E-state index contributed by atoms with van der Waals surface area (Å²) in [6.45, 7) is 2.26. The van der Waals surface area contributed by atoms with Gasteiger partial charge in [0.25, 0.3) is 5.56 Å². The van der Waals surface area contributed by atoms with Crippen molar-refractivity contribution in [2.45, 2.75) is 26.0 Å². The van der Waals surface area contributed by atoms with Gasteiger partial charge in [-0.2, -0.15) is 0 Å². The number of benzene rings is 3. The van der Waals surface area contributed by atoms with Gasteiger partial charge in [0.2, 0.25) is 0 Å². The number of methoxy groups -OCH3 is 2. The fourth-order valence-corrected chi connectivity index (χ4v) is 6.59. The maximum absolute atomic E-state index is 14.0. The monoisotopic (exact) mass is 744 g/mol. The Morgan fingerprint density at radius 3 is 2.51 bits per heavy atom. The number of carbonyl (C=O) groups is 1. The van der Waals surface area contributed by atoms with Crippen LogP contribution < -0.4 is 24.4 Å². The smallest absolute Gasteiger partial charge is 0.338 e. The average Bonchev–Trinajstić information content (AvgIpc) is 3.30. The number of hydrogen-bond donors (Lipinski definition) is 0. The standard InChI is InChI=1S/C31H26BrIN2O5S/c1-4-23-26(30(37)39-3)27(19-8-6-5-7-9-19)35-29(36)25(41-31(35)34-23)15-20-14-22(33)16-24(38-2)28(20)40-17-18-10-12-21(32)13-11-18/h5-16,27H,4,17H2,1-3H3/b25-15+/t27-/m0/s1. The zero-order valence-corrected chi connectivity index (χ0v) is 27.1. The first-order chi connectivity index (χ1) is 19.8. The molecule has 0 saturated carbocycles. The van der Waals surface area contributed by atoms with Gasteiger partial charge in [0.1, 0.15) is 6.61 Å². The maximum Gasteiger partial charge on any atom is 0.338 e. The lowest BCUT2D eigenvalue weighted by Crippen LogP contribution is -2.40. The minimum atomic E-state index is -0.657. The average molecular weight is 745 g/mol. The summed E-state index contributed by atoms with van der Waals surface area (Å²) < 4.78 is 21.0. The van der Waals surface area contributed by atoms with Crippen LogP contribution in [0, 0.1) is 3.57 Å². The molecule has 2 heterocycles. The maximum atomic E-state index is 14.0. The minimum absolute atomic E-state index is 0.254. The summed E-state index contributed by atoms with van der Waals surface area (Å²) in [5, 5.41) is 0. The zero-order chi connectivity index (χ0) is 29.1. The number of esters is 1. The van der Waals surface area contributed by atoms with Crippen molar-refractivity contribution in [3.8, 4) is 11.5 Å². The van der Waals surface area contributed by atoms with Crippen LogP contribution in [0.15, 0.2) is 92.3 Å². The van der Waals surface area contributed by atoms with Gasteiger partial charge in [0.05, 0.1) is 36.1 Å². The van der Waals surface area contributed by atoms with Crippen molar-refractivity contribution in [3.63, 3.8) is 0 Å². The first-order valence-corrected chi connectivity index (χ1v) is 15.5. The van der Waals surface area contributed by atoms with Crippen LogP contribution in [0.25, 0.3) is 6.08 Å². The summed E-state index contributed by atoms with van der Waals surface area (Å²) >= 11 is 6.96. The van der Waals surface area contributed by atoms with Gasteiger partial charge in [0.15, 0.2) is 16.3 Å². The van der Waals surface area contributed by atoms with E-state index in [1.165, 1.54) is 18.4 Å². The van der Waals surface area contributed by atoms with Gasteiger partial charge in [0, 0.05) is 13.6 Å². The molecule has 41 heavy (non-hydrogen) atoms. The fraction of sp³-hybridized carbons (Fsp3) is 0.194. The molecule has 3 aromatic carbocycles. The molecule has 1 aliphatic heterocycles. The summed E-state index contributed by atoms with van der Waals surface area (Å²) in [4.78, 5) is 32.3. The van der Waals surface area contributed by atoms with Gasteiger partial charge < -0.3 is 14.2 Å². The third kappa shape index (κ3) is 6.05. The van der Waals surface area contributed by atoms with Crippen molar-refractivity contribution < 1.29 is 19.0 Å². The Bertz CT molecular complexity index is 1810. The second-order valence-corrected chi connectivity index (χ2v) is 12.3. The van der Waals surface area contributed by atoms with E-state index >= 15 is 0 Å². The molecule has 4 aromatic rings. The zero-order valence-electron chi connectivity index (χ0n) is 22.5. The van der Waals surface area contributed by atoms with E-state index in [1.807, 2.05) is 73.7 Å². The third-order valence-corrected chi connectivity index (χ3v) is 8.75. The SMILES string of the molecule is CCC1=C(C(=O)OC)[C@H](c2ccccc2)n2c(s/c(=C/c3cc(I)cc(OC)c3OCc3ccc(Br)cc3)c2=O)=N1. The molecule has 10 heteroatoms. The molecule has 1 atom stereocenters. The molecule has 210 valence electrons. The highest BCUT2D eigenvalue weighted by atomic mass is 127. The molecule has 7 nitrogen and oxygen atoms in total. The lowest BCUT2D eigenvalue weighted by atomic mass is 9.95. The number of allylic oxidation sites excluding steroid dienone is 1. The Hall–Kier alpha value is -3.22. The van der Waals surface area contributed by atoms with Gasteiger partial charge in [-0.15, -0.1) is 0 Å². The van der Waals surface area contributed by atoms with Crippen LogP contribution in [0.2, 0.25) is 0 Å². The van der Waals surface area contributed by atoms with Crippen molar-refractivity contribution in [1.29, 1.82) is 0 Å². The van der Waals surface area contributed by atoms with E-state index in [-0.39, 0.29) is 5.56 Å². The minimum Gasteiger partial charge on any atom is -0.493 e. The number of fused-ring (bicyclic) bond motifs is 1. The van der Waals surface area contributed by atoms with E-state index in [4.69, 9.17) is 19.2 Å². The van der Waals surface area contributed by atoms with Crippen LogP contribution in [0.1, 0.15) is 36.1 Å². The number of carbonyl (C=O) groups excluding carboxylic acids is 1. The van der Waals surface area contributed by atoms with Crippen LogP contribution in [-0.2, 0) is 16.1 Å². The van der Waals surface area contributed by atoms with Gasteiger partial charge in [-0.1, -0.05) is 76.7 Å². The fourth-order valence-electron chi connectivity index (χ4n) is 4.69. The molecular weight excluding hydrogens is 719 g/mol. The topological polar surface area (TPSA) is 79.1 Å². The van der Waals surface area contributed by atoms with E-state index in [0.717, 1.165) is 19.2 Å². The summed E-state index contributed by atoms with van der Waals surface area (Å²) in [5.41, 5.74) is 3.22. The predicted molar refractivity (Wildman–Crippen MR) is 171 cm³/mol. The Morgan fingerprint density at radius 1 is 1.12 bits per heavy atom. The van der Waals surface area contributed by atoms with E-state index in [9.17, 15) is 9.59 Å².